The number of amides is 4. The molecule has 29 heavy (non-hydrogen) atoms. The van der Waals surface area contributed by atoms with E-state index in [4.69, 9.17) is 5.11 Å². The second kappa shape index (κ2) is 9.59. The van der Waals surface area contributed by atoms with E-state index in [-0.39, 0.29) is 11.3 Å². The first kappa shape index (κ1) is 23.2. The van der Waals surface area contributed by atoms with E-state index in [0.29, 0.717) is 12.8 Å². The summed E-state index contributed by atoms with van der Waals surface area (Å²) in [5.41, 5.74) is 0. The highest BCUT2D eigenvalue weighted by atomic mass is 32.2. The molecule has 0 spiro atoms. The predicted molar refractivity (Wildman–Crippen MR) is 101 cm³/mol. The summed E-state index contributed by atoms with van der Waals surface area (Å²) in [6.07, 6.45) is -1.58. The molecule has 1 aliphatic carbocycles. The van der Waals surface area contributed by atoms with Gasteiger partial charge in [0, 0.05) is 17.2 Å². The number of carbonyl (C=O) groups is 4. The van der Waals surface area contributed by atoms with E-state index in [0.717, 1.165) is 24.8 Å². The summed E-state index contributed by atoms with van der Waals surface area (Å²) in [5.74, 6) is -3.44. The van der Waals surface area contributed by atoms with Gasteiger partial charge in [0.1, 0.15) is 18.6 Å². The van der Waals surface area contributed by atoms with Gasteiger partial charge in [0.05, 0.1) is 0 Å². The lowest BCUT2D eigenvalue weighted by atomic mass is 10.0. The Balaban J connectivity index is 2.02. The zero-order valence-corrected chi connectivity index (χ0v) is 17.1. The Labute approximate surface area is 171 Å². The standard InChI is InChI=1S/C17H26F2N4O5S/c1-9(13(18)19)12(15(26)22-29-17(2)5-6-17)21-14(25)10-4-3-7-23(10)11(24)8-20-16(27)28/h9-10,12-13,20H,3-8H2,1-2H3,(H,21,25)(H,22,26)(H,27,28)/t9-,10?,12-/m1/s1. The number of rotatable bonds is 9. The fourth-order valence-corrected chi connectivity index (χ4v) is 3.72. The molecule has 9 nitrogen and oxygen atoms in total. The summed E-state index contributed by atoms with van der Waals surface area (Å²) in [6, 6.07) is -2.39. The van der Waals surface area contributed by atoms with Gasteiger partial charge in [-0.15, -0.1) is 0 Å². The summed E-state index contributed by atoms with van der Waals surface area (Å²) in [6.45, 7) is 2.86. The Kier molecular flexibility index (Phi) is 7.66. The second-order valence-corrected chi connectivity index (χ2v) is 9.00. The first-order valence-electron chi connectivity index (χ1n) is 9.37. The average molecular weight is 436 g/mol. The van der Waals surface area contributed by atoms with E-state index in [2.05, 4.69) is 10.0 Å². The Hall–Kier alpha value is -2.11. The number of nitrogens with zero attached hydrogens (tertiary/aromatic N) is 1. The number of carbonyl (C=O) groups excluding carboxylic acids is 3. The molecule has 1 heterocycles. The average Bonchev–Trinajstić information content (AvgIpc) is 3.19. The van der Waals surface area contributed by atoms with Gasteiger partial charge in [0.2, 0.25) is 18.2 Å². The van der Waals surface area contributed by atoms with Crippen molar-refractivity contribution >= 4 is 35.8 Å². The number of carboxylic acid groups (broad SMARTS) is 1. The SMILES string of the molecule is C[C@@H](C(F)F)[C@@H](NC(=O)C1CCCN1C(=O)CNC(=O)O)C(=O)NSC1(C)CC1. The summed E-state index contributed by atoms with van der Waals surface area (Å²) in [7, 11) is 0. The molecule has 1 unspecified atom stereocenters. The van der Waals surface area contributed by atoms with Crippen molar-refractivity contribution in [2.24, 2.45) is 5.92 Å². The van der Waals surface area contributed by atoms with Crippen LogP contribution in [0.2, 0.25) is 0 Å². The van der Waals surface area contributed by atoms with Crippen LogP contribution >= 0.6 is 11.9 Å². The monoisotopic (exact) mass is 436 g/mol. The molecule has 0 bridgehead atoms. The third-order valence-electron chi connectivity index (χ3n) is 5.12. The molecule has 2 aliphatic rings. The first-order valence-corrected chi connectivity index (χ1v) is 10.2. The van der Waals surface area contributed by atoms with Gasteiger partial charge in [-0.1, -0.05) is 6.92 Å². The van der Waals surface area contributed by atoms with Crippen molar-refractivity contribution in [1.82, 2.24) is 20.3 Å². The van der Waals surface area contributed by atoms with E-state index in [1.54, 1.807) is 0 Å². The van der Waals surface area contributed by atoms with Crippen molar-refractivity contribution in [1.29, 1.82) is 0 Å². The molecule has 12 heteroatoms. The minimum absolute atomic E-state index is 0.107. The topological polar surface area (TPSA) is 128 Å². The number of hydrogen-bond acceptors (Lipinski definition) is 5. The maximum Gasteiger partial charge on any atom is 0.405 e. The van der Waals surface area contributed by atoms with Crippen molar-refractivity contribution in [2.75, 3.05) is 13.1 Å². The predicted octanol–water partition coefficient (Wildman–Crippen LogP) is 0.948. The van der Waals surface area contributed by atoms with E-state index in [1.165, 1.54) is 11.8 Å². The van der Waals surface area contributed by atoms with Gasteiger partial charge in [0.15, 0.2) is 0 Å². The third-order valence-corrected chi connectivity index (χ3v) is 6.33. The molecule has 4 N–H and O–H groups in total. The molecule has 0 aromatic carbocycles. The Morgan fingerprint density at radius 3 is 2.48 bits per heavy atom. The molecule has 1 aliphatic heterocycles. The van der Waals surface area contributed by atoms with E-state index in [1.807, 2.05) is 12.2 Å². The molecule has 2 rings (SSSR count). The molecular formula is C17H26F2N4O5S. The minimum atomic E-state index is -2.83. The van der Waals surface area contributed by atoms with E-state index in [9.17, 15) is 28.0 Å². The van der Waals surface area contributed by atoms with Crippen LogP contribution in [0.4, 0.5) is 13.6 Å². The Bertz CT molecular complexity index is 662. The van der Waals surface area contributed by atoms with E-state index >= 15 is 0 Å². The van der Waals surface area contributed by atoms with Gasteiger partial charge in [-0.25, -0.2) is 13.6 Å². The number of alkyl halides is 2. The lowest BCUT2D eigenvalue weighted by Crippen LogP contribution is -2.56. The van der Waals surface area contributed by atoms with Crippen molar-refractivity contribution in [3.63, 3.8) is 0 Å². The fourth-order valence-electron chi connectivity index (χ4n) is 2.94. The van der Waals surface area contributed by atoms with Gasteiger partial charge in [-0.2, -0.15) is 0 Å². The van der Waals surface area contributed by atoms with E-state index < -0.39 is 54.8 Å². The van der Waals surface area contributed by atoms with Crippen molar-refractivity contribution in [2.45, 2.75) is 62.8 Å². The highest BCUT2D eigenvalue weighted by molar-refractivity contribution is 7.99. The summed E-state index contributed by atoms with van der Waals surface area (Å²) >= 11 is 1.16. The quantitative estimate of drug-likeness (QED) is 0.399. The Morgan fingerprint density at radius 1 is 1.28 bits per heavy atom. The van der Waals surface area contributed by atoms with Crippen LogP contribution in [0.3, 0.4) is 0 Å². The highest BCUT2D eigenvalue weighted by Crippen LogP contribution is 2.46. The van der Waals surface area contributed by atoms with Crippen LogP contribution in [-0.4, -0.2) is 70.2 Å². The normalized spacial score (nSPS) is 22.0. The largest absolute Gasteiger partial charge is 0.465 e. The lowest BCUT2D eigenvalue weighted by Gasteiger charge is -2.28. The summed E-state index contributed by atoms with van der Waals surface area (Å²) in [4.78, 5) is 49.1. The molecule has 4 amide bonds. The van der Waals surface area contributed by atoms with Gasteiger partial charge < -0.3 is 20.6 Å². The number of nitrogens with one attached hydrogen (secondary N) is 3. The lowest BCUT2D eigenvalue weighted by molar-refractivity contribution is -0.139. The molecule has 1 saturated carbocycles. The van der Waals surface area contributed by atoms with Crippen LogP contribution in [0.5, 0.6) is 0 Å². The zero-order chi connectivity index (χ0) is 21.8. The molecule has 2 fully saturated rings. The Morgan fingerprint density at radius 2 is 1.93 bits per heavy atom. The van der Waals surface area contributed by atoms with Gasteiger partial charge in [0.25, 0.3) is 5.91 Å². The summed E-state index contributed by atoms with van der Waals surface area (Å²) < 4.78 is 29.0. The van der Waals surface area contributed by atoms with Crippen LogP contribution in [0.25, 0.3) is 0 Å². The van der Waals surface area contributed by atoms with Gasteiger partial charge in [-0.3, -0.25) is 19.1 Å². The minimum Gasteiger partial charge on any atom is -0.465 e. The number of hydrogen-bond donors (Lipinski definition) is 4. The third kappa shape index (κ3) is 6.44. The molecule has 0 radical (unpaired) electrons. The molecule has 0 aromatic heterocycles. The molecular weight excluding hydrogens is 410 g/mol. The maximum atomic E-state index is 13.3. The van der Waals surface area contributed by atoms with Crippen LogP contribution in [0, 0.1) is 5.92 Å². The van der Waals surface area contributed by atoms with Crippen molar-refractivity contribution < 1.29 is 33.1 Å². The number of likely N-dealkylation sites (tertiary alicyclic amines) is 1. The maximum absolute atomic E-state index is 13.3. The van der Waals surface area contributed by atoms with Crippen LogP contribution < -0.4 is 15.4 Å². The van der Waals surface area contributed by atoms with Gasteiger partial charge >= 0.3 is 6.09 Å². The molecule has 3 atom stereocenters. The van der Waals surface area contributed by atoms with Crippen LogP contribution in [0.15, 0.2) is 0 Å². The highest BCUT2D eigenvalue weighted by Gasteiger charge is 2.42. The van der Waals surface area contributed by atoms with Crippen LogP contribution in [0.1, 0.15) is 39.5 Å². The number of halogens is 2. The van der Waals surface area contributed by atoms with Crippen molar-refractivity contribution in [3.05, 3.63) is 0 Å². The second-order valence-electron chi connectivity index (χ2n) is 7.60. The molecule has 0 aromatic rings. The van der Waals surface area contributed by atoms with Gasteiger partial charge in [-0.05, 0) is 44.6 Å². The molecule has 164 valence electrons. The summed E-state index contributed by atoms with van der Waals surface area (Å²) in [5, 5.41) is 12.9. The zero-order valence-electron chi connectivity index (χ0n) is 16.2. The smallest absolute Gasteiger partial charge is 0.405 e. The fraction of sp³-hybridized carbons (Fsp3) is 0.765. The molecule has 1 saturated heterocycles. The van der Waals surface area contributed by atoms with Crippen molar-refractivity contribution in [3.8, 4) is 0 Å². The first-order chi connectivity index (χ1) is 13.5. The van der Waals surface area contributed by atoms with Crippen LogP contribution in [-0.2, 0) is 14.4 Å².